The summed E-state index contributed by atoms with van der Waals surface area (Å²) in [4.78, 5) is 14.5. The van der Waals surface area contributed by atoms with Crippen molar-refractivity contribution in [3.8, 4) is 0 Å². The van der Waals surface area contributed by atoms with Crippen LogP contribution in [0.25, 0.3) is 5.70 Å². The Morgan fingerprint density at radius 2 is 2.08 bits per heavy atom. The molecule has 0 aliphatic rings. The van der Waals surface area contributed by atoms with Crippen molar-refractivity contribution in [2.24, 2.45) is 10.7 Å². The molecule has 6 nitrogen and oxygen atoms in total. The van der Waals surface area contributed by atoms with Gasteiger partial charge in [-0.1, -0.05) is 0 Å². The van der Waals surface area contributed by atoms with Crippen LogP contribution >= 0.6 is 0 Å². The van der Waals surface area contributed by atoms with Crippen molar-refractivity contribution in [3.63, 3.8) is 0 Å². The summed E-state index contributed by atoms with van der Waals surface area (Å²) in [7, 11) is 0. The molecule has 0 aliphatic carbocycles. The Morgan fingerprint density at radius 1 is 1.42 bits per heavy atom. The SMILES string of the molecule is C=N/C(=C(\C)COC(=N)/C=C\C(=[NH2+])C(N)=O)c1ccc(F)c(F)c1. The topological polar surface area (TPSA) is 114 Å². The predicted octanol–water partition coefficient (Wildman–Crippen LogP) is 0.632. The number of carbonyl (C=O) groups excluding carboxylic acids is 1. The average Bonchev–Trinajstić information content (AvgIpc) is 2.54. The van der Waals surface area contributed by atoms with Crippen molar-refractivity contribution in [3.05, 3.63) is 53.1 Å². The summed E-state index contributed by atoms with van der Waals surface area (Å²) in [5.41, 5.74) is 5.91. The minimum absolute atomic E-state index is 0.0486. The second-order valence-corrected chi connectivity index (χ2v) is 4.72. The Labute approximate surface area is 137 Å². The number of nitrogens with one attached hydrogen (secondary N) is 1. The fraction of sp³-hybridized carbons (Fsp3) is 0.125. The number of nitrogens with two attached hydrogens (primary N) is 2. The third-order valence-corrected chi connectivity index (χ3v) is 2.90. The molecule has 0 saturated carbocycles. The van der Waals surface area contributed by atoms with Crippen LogP contribution in [-0.2, 0) is 9.53 Å². The standard InChI is InChI=1S/C16H16F2N4O2/c1-9(8-24-14(20)6-5-13(19)16(21)23)15(22-2)10-3-4-11(17)12(18)7-10/h3-7,19-20H,2,8H2,1H3,(H2,21,23)/p+1/b6-5-,15-9+,19-13?,20-14?. The van der Waals surface area contributed by atoms with E-state index in [9.17, 15) is 13.6 Å². The third-order valence-electron chi connectivity index (χ3n) is 2.90. The number of aliphatic imine (C=N–C) groups is 1. The summed E-state index contributed by atoms with van der Waals surface area (Å²) in [5.74, 6) is -3.05. The second-order valence-electron chi connectivity index (χ2n) is 4.72. The van der Waals surface area contributed by atoms with Gasteiger partial charge in [-0.05, 0) is 37.4 Å². The van der Waals surface area contributed by atoms with Crippen LogP contribution in [0.15, 0.2) is 40.9 Å². The van der Waals surface area contributed by atoms with E-state index in [1.807, 2.05) is 0 Å². The van der Waals surface area contributed by atoms with E-state index in [4.69, 9.17) is 21.3 Å². The van der Waals surface area contributed by atoms with E-state index in [-0.39, 0.29) is 18.2 Å². The minimum Gasteiger partial charge on any atom is -0.473 e. The number of hydrogen-bond donors (Lipinski definition) is 3. The van der Waals surface area contributed by atoms with Crippen LogP contribution in [0.4, 0.5) is 8.78 Å². The van der Waals surface area contributed by atoms with Crippen molar-refractivity contribution in [1.29, 1.82) is 5.41 Å². The van der Waals surface area contributed by atoms with Gasteiger partial charge in [-0.3, -0.25) is 15.2 Å². The number of amides is 1. The highest BCUT2D eigenvalue weighted by Gasteiger charge is 2.10. The lowest BCUT2D eigenvalue weighted by Gasteiger charge is -2.09. The minimum atomic E-state index is -1.00. The molecule has 0 bridgehead atoms. The molecule has 0 unspecified atom stereocenters. The first-order chi connectivity index (χ1) is 11.3. The fourth-order valence-corrected chi connectivity index (χ4v) is 1.67. The Hall–Kier alpha value is -3.16. The van der Waals surface area contributed by atoms with Crippen molar-refractivity contribution in [2.45, 2.75) is 6.92 Å². The van der Waals surface area contributed by atoms with Crippen LogP contribution in [0.2, 0.25) is 0 Å². The molecule has 0 aliphatic heterocycles. The molecule has 0 saturated heterocycles. The van der Waals surface area contributed by atoms with E-state index in [1.165, 1.54) is 6.07 Å². The van der Waals surface area contributed by atoms with Gasteiger partial charge in [-0.25, -0.2) is 14.2 Å². The largest absolute Gasteiger partial charge is 0.473 e. The van der Waals surface area contributed by atoms with Crippen LogP contribution in [0.5, 0.6) is 0 Å². The fourth-order valence-electron chi connectivity index (χ4n) is 1.67. The van der Waals surface area contributed by atoms with Gasteiger partial charge >= 0.3 is 5.91 Å². The monoisotopic (exact) mass is 335 g/mol. The van der Waals surface area contributed by atoms with Gasteiger partial charge in [0.15, 0.2) is 11.6 Å². The summed E-state index contributed by atoms with van der Waals surface area (Å²) in [5, 5.41) is 12.9. The van der Waals surface area contributed by atoms with E-state index < -0.39 is 17.5 Å². The molecule has 0 atom stereocenters. The van der Waals surface area contributed by atoms with Crippen LogP contribution in [-0.4, -0.2) is 30.8 Å². The highest BCUT2D eigenvalue weighted by atomic mass is 19.2. The van der Waals surface area contributed by atoms with E-state index in [1.54, 1.807) is 6.92 Å². The smallest absolute Gasteiger partial charge is 0.312 e. The number of ether oxygens (including phenoxy) is 1. The molecule has 24 heavy (non-hydrogen) atoms. The number of rotatable bonds is 7. The van der Waals surface area contributed by atoms with Crippen molar-refractivity contribution in [2.75, 3.05) is 6.61 Å². The summed E-state index contributed by atoms with van der Waals surface area (Å²) in [6.07, 6.45) is 2.30. The molecule has 0 aromatic heterocycles. The number of carbonyl (C=O) groups is 1. The van der Waals surface area contributed by atoms with Crippen LogP contribution in [0.1, 0.15) is 12.5 Å². The predicted molar refractivity (Wildman–Crippen MR) is 87.4 cm³/mol. The van der Waals surface area contributed by atoms with E-state index in [2.05, 4.69) is 11.7 Å². The van der Waals surface area contributed by atoms with E-state index in [0.29, 0.717) is 16.8 Å². The molecule has 1 aromatic rings. The van der Waals surface area contributed by atoms with Crippen LogP contribution in [0.3, 0.4) is 0 Å². The molecular formula is C16H17F2N4O2+. The summed E-state index contributed by atoms with van der Waals surface area (Å²) in [6.45, 7) is 4.99. The number of halogens is 2. The van der Waals surface area contributed by atoms with Gasteiger partial charge < -0.3 is 10.5 Å². The molecule has 0 fully saturated rings. The number of hydrogen-bond acceptors (Lipinski definition) is 4. The Morgan fingerprint density at radius 3 is 2.62 bits per heavy atom. The first-order valence-electron chi connectivity index (χ1n) is 6.69. The van der Waals surface area contributed by atoms with Crippen LogP contribution < -0.4 is 11.1 Å². The molecule has 8 heteroatoms. The van der Waals surface area contributed by atoms with Gasteiger partial charge in [0.25, 0.3) is 5.71 Å². The summed E-state index contributed by atoms with van der Waals surface area (Å²) >= 11 is 0. The molecule has 0 heterocycles. The molecule has 5 N–H and O–H groups in total. The highest BCUT2D eigenvalue weighted by Crippen LogP contribution is 2.22. The number of primary amides is 1. The van der Waals surface area contributed by atoms with Gasteiger partial charge in [0.2, 0.25) is 5.90 Å². The lowest BCUT2D eigenvalue weighted by molar-refractivity contribution is -0.133. The first kappa shape index (κ1) is 18.9. The van der Waals surface area contributed by atoms with Gasteiger partial charge in [-0.2, -0.15) is 0 Å². The number of nitrogens with zero attached hydrogens (tertiary/aromatic N) is 1. The van der Waals surface area contributed by atoms with E-state index >= 15 is 0 Å². The maximum absolute atomic E-state index is 13.3. The highest BCUT2D eigenvalue weighted by molar-refractivity contribution is 6.40. The molecule has 1 amide bonds. The zero-order valence-corrected chi connectivity index (χ0v) is 13.0. The zero-order chi connectivity index (χ0) is 18.3. The Kier molecular flexibility index (Phi) is 6.66. The Bertz CT molecular complexity index is 754. The van der Waals surface area contributed by atoms with Gasteiger partial charge in [0.1, 0.15) is 6.61 Å². The second kappa shape index (κ2) is 8.47. The van der Waals surface area contributed by atoms with Crippen LogP contribution in [0, 0.1) is 17.0 Å². The maximum Gasteiger partial charge on any atom is 0.312 e. The quantitative estimate of drug-likeness (QED) is 0.501. The van der Waals surface area contributed by atoms with Gasteiger partial charge in [0.05, 0.1) is 5.70 Å². The molecule has 1 aromatic carbocycles. The van der Waals surface area contributed by atoms with Crippen molar-refractivity contribution in [1.82, 2.24) is 0 Å². The summed E-state index contributed by atoms with van der Waals surface area (Å²) < 4.78 is 31.4. The molecular weight excluding hydrogens is 318 g/mol. The first-order valence-corrected chi connectivity index (χ1v) is 6.69. The maximum atomic E-state index is 13.3. The molecule has 0 radical (unpaired) electrons. The summed E-state index contributed by atoms with van der Waals surface area (Å²) in [6, 6.07) is 3.34. The van der Waals surface area contributed by atoms with Crippen molar-refractivity contribution >= 4 is 29.9 Å². The zero-order valence-electron chi connectivity index (χ0n) is 13.0. The normalized spacial score (nSPS) is 11.8. The third kappa shape index (κ3) is 5.24. The molecule has 0 spiro atoms. The molecule has 1 rings (SSSR count). The number of benzene rings is 1. The van der Waals surface area contributed by atoms with E-state index in [0.717, 1.165) is 24.3 Å². The lowest BCUT2D eigenvalue weighted by atomic mass is 10.1. The Balaban J connectivity index is 2.84. The lowest BCUT2D eigenvalue weighted by Crippen LogP contribution is -2.46. The molecule has 126 valence electrons. The average molecular weight is 335 g/mol. The van der Waals surface area contributed by atoms with Crippen molar-refractivity contribution < 1.29 is 23.7 Å². The van der Waals surface area contributed by atoms with Gasteiger partial charge in [-0.15, -0.1) is 0 Å². The van der Waals surface area contributed by atoms with Gasteiger partial charge in [0, 0.05) is 17.7 Å².